The Bertz CT molecular complexity index is 526. The van der Waals surface area contributed by atoms with Crippen molar-refractivity contribution in [3.63, 3.8) is 0 Å². The summed E-state index contributed by atoms with van der Waals surface area (Å²) in [7, 11) is 0. The summed E-state index contributed by atoms with van der Waals surface area (Å²) in [4.78, 5) is 4.08. The van der Waals surface area contributed by atoms with Gasteiger partial charge in [0, 0.05) is 22.0 Å². The molecular formula is C16H19IN2. The van der Waals surface area contributed by atoms with E-state index in [1.807, 2.05) is 12.4 Å². The first-order valence-corrected chi connectivity index (χ1v) is 7.67. The van der Waals surface area contributed by atoms with Crippen LogP contribution in [0.2, 0.25) is 0 Å². The van der Waals surface area contributed by atoms with Gasteiger partial charge in [-0.25, -0.2) is 0 Å². The average molecular weight is 366 g/mol. The van der Waals surface area contributed by atoms with Gasteiger partial charge in [0.2, 0.25) is 0 Å². The molecule has 2 aromatic rings. The smallest absolute Gasteiger partial charge is 0.0371 e. The number of aryl methyl sites for hydroxylation is 1. The van der Waals surface area contributed by atoms with Crippen molar-refractivity contribution in [1.29, 1.82) is 0 Å². The minimum Gasteiger partial charge on any atom is -0.310 e. The van der Waals surface area contributed by atoms with E-state index in [9.17, 15) is 0 Å². The average Bonchev–Trinajstić information content (AvgIpc) is 2.43. The number of likely N-dealkylation sites (N-methyl/N-ethyl adjacent to an activating group) is 1. The van der Waals surface area contributed by atoms with Gasteiger partial charge in [0.25, 0.3) is 0 Å². The van der Waals surface area contributed by atoms with Crippen molar-refractivity contribution in [2.75, 3.05) is 6.54 Å². The fourth-order valence-electron chi connectivity index (χ4n) is 2.23. The lowest BCUT2D eigenvalue weighted by atomic mass is 9.98. The molecule has 1 N–H and O–H groups in total. The van der Waals surface area contributed by atoms with Gasteiger partial charge in [0.05, 0.1) is 0 Å². The lowest BCUT2D eigenvalue weighted by Crippen LogP contribution is -2.24. The number of halogens is 1. The van der Waals surface area contributed by atoms with Crippen LogP contribution in [0, 0.1) is 10.5 Å². The fraction of sp³-hybridized carbons (Fsp3) is 0.312. The van der Waals surface area contributed by atoms with Gasteiger partial charge in [-0.2, -0.15) is 0 Å². The summed E-state index contributed by atoms with van der Waals surface area (Å²) in [5.41, 5.74) is 4.05. The van der Waals surface area contributed by atoms with E-state index in [0.717, 1.165) is 13.0 Å². The highest BCUT2D eigenvalue weighted by Crippen LogP contribution is 2.25. The van der Waals surface area contributed by atoms with Gasteiger partial charge >= 0.3 is 0 Å². The predicted molar refractivity (Wildman–Crippen MR) is 88.3 cm³/mol. The second-order valence-corrected chi connectivity index (χ2v) is 5.73. The van der Waals surface area contributed by atoms with Crippen LogP contribution in [0.15, 0.2) is 42.7 Å². The molecule has 0 aliphatic rings. The van der Waals surface area contributed by atoms with Gasteiger partial charge in [0.1, 0.15) is 0 Å². The molecule has 1 aromatic heterocycles. The quantitative estimate of drug-likeness (QED) is 0.813. The van der Waals surface area contributed by atoms with Crippen molar-refractivity contribution < 1.29 is 0 Å². The molecule has 1 heterocycles. The molecule has 2 nitrogen and oxygen atoms in total. The molecule has 1 aromatic carbocycles. The van der Waals surface area contributed by atoms with Crippen LogP contribution < -0.4 is 5.32 Å². The van der Waals surface area contributed by atoms with Crippen molar-refractivity contribution in [2.45, 2.75) is 26.3 Å². The molecule has 0 radical (unpaired) electrons. The summed E-state index contributed by atoms with van der Waals surface area (Å²) in [6, 6.07) is 11.1. The van der Waals surface area contributed by atoms with E-state index in [2.05, 4.69) is 77.1 Å². The maximum Gasteiger partial charge on any atom is 0.0371 e. The molecule has 0 saturated heterocycles. The zero-order chi connectivity index (χ0) is 13.7. The zero-order valence-electron chi connectivity index (χ0n) is 11.4. The van der Waals surface area contributed by atoms with Gasteiger partial charge in [0.15, 0.2) is 0 Å². The highest BCUT2D eigenvalue weighted by atomic mass is 127. The molecule has 1 unspecified atom stereocenters. The first-order valence-electron chi connectivity index (χ1n) is 6.59. The number of hydrogen-bond donors (Lipinski definition) is 1. The van der Waals surface area contributed by atoms with E-state index in [4.69, 9.17) is 0 Å². The van der Waals surface area contributed by atoms with E-state index in [0.29, 0.717) is 6.04 Å². The number of rotatable bonds is 5. The van der Waals surface area contributed by atoms with E-state index in [-0.39, 0.29) is 0 Å². The fourth-order valence-corrected chi connectivity index (χ4v) is 2.97. The van der Waals surface area contributed by atoms with E-state index < -0.39 is 0 Å². The molecule has 100 valence electrons. The van der Waals surface area contributed by atoms with Crippen LogP contribution in [0.4, 0.5) is 0 Å². The topological polar surface area (TPSA) is 24.9 Å². The van der Waals surface area contributed by atoms with Crippen molar-refractivity contribution in [1.82, 2.24) is 10.3 Å². The third-order valence-electron chi connectivity index (χ3n) is 3.24. The van der Waals surface area contributed by atoms with Gasteiger partial charge < -0.3 is 5.32 Å². The molecule has 0 spiro atoms. The molecule has 3 heteroatoms. The molecule has 0 aliphatic heterocycles. The first kappa shape index (κ1) is 14.5. The van der Waals surface area contributed by atoms with Gasteiger partial charge in [-0.05, 0) is 71.3 Å². The molecule has 0 aliphatic carbocycles. The molecular weight excluding hydrogens is 347 g/mol. The summed E-state index contributed by atoms with van der Waals surface area (Å²) < 4.78 is 1.36. The zero-order valence-corrected chi connectivity index (χ0v) is 13.5. The lowest BCUT2D eigenvalue weighted by molar-refractivity contribution is 0.547. The van der Waals surface area contributed by atoms with Crippen LogP contribution in [0.25, 0.3) is 0 Å². The molecule has 0 amide bonds. The van der Waals surface area contributed by atoms with Crippen LogP contribution in [0.5, 0.6) is 0 Å². The number of nitrogens with one attached hydrogen (secondary N) is 1. The maximum absolute atomic E-state index is 4.08. The molecule has 0 fully saturated rings. The van der Waals surface area contributed by atoms with Crippen molar-refractivity contribution in [2.24, 2.45) is 0 Å². The van der Waals surface area contributed by atoms with Crippen LogP contribution in [0.3, 0.4) is 0 Å². The molecule has 19 heavy (non-hydrogen) atoms. The Morgan fingerprint density at radius 3 is 2.63 bits per heavy atom. The largest absolute Gasteiger partial charge is 0.310 e. The van der Waals surface area contributed by atoms with E-state index >= 15 is 0 Å². The molecule has 0 saturated carbocycles. The van der Waals surface area contributed by atoms with Crippen molar-refractivity contribution >= 4 is 22.6 Å². The maximum atomic E-state index is 4.08. The molecule has 1 atom stereocenters. The number of nitrogens with zero attached hydrogens (tertiary/aromatic N) is 1. The molecule has 2 rings (SSSR count). The summed E-state index contributed by atoms with van der Waals surface area (Å²) >= 11 is 2.45. The van der Waals surface area contributed by atoms with Crippen LogP contribution in [-0.2, 0) is 6.42 Å². The molecule has 0 bridgehead atoms. The predicted octanol–water partition coefficient (Wildman–Crippen LogP) is 3.89. The third-order valence-corrected chi connectivity index (χ3v) is 4.71. The number of hydrogen-bond acceptors (Lipinski definition) is 2. The van der Waals surface area contributed by atoms with Gasteiger partial charge in [-0.3, -0.25) is 4.98 Å². The summed E-state index contributed by atoms with van der Waals surface area (Å²) in [5.74, 6) is 0. The normalized spacial score (nSPS) is 12.4. The van der Waals surface area contributed by atoms with Gasteiger partial charge in [-0.15, -0.1) is 0 Å². The summed E-state index contributed by atoms with van der Waals surface area (Å²) in [5, 5.41) is 3.59. The Morgan fingerprint density at radius 2 is 1.95 bits per heavy atom. The van der Waals surface area contributed by atoms with Crippen molar-refractivity contribution in [3.05, 3.63) is 63.0 Å². The minimum absolute atomic E-state index is 0.360. The summed E-state index contributed by atoms with van der Waals surface area (Å²) in [6.07, 6.45) is 4.72. The SMILES string of the molecule is CCNC(Cc1ccncc1)c1cccc(C)c1I. The number of pyridine rings is 1. The number of aromatic nitrogens is 1. The highest BCUT2D eigenvalue weighted by molar-refractivity contribution is 14.1. The first-order chi connectivity index (χ1) is 9.22. The van der Waals surface area contributed by atoms with E-state index in [1.165, 1.54) is 20.3 Å². The third kappa shape index (κ3) is 3.76. The van der Waals surface area contributed by atoms with Crippen LogP contribution in [0.1, 0.15) is 29.7 Å². The Kier molecular flexibility index (Phi) is 5.34. The van der Waals surface area contributed by atoms with Crippen molar-refractivity contribution in [3.8, 4) is 0 Å². The minimum atomic E-state index is 0.360. The van der Waals surface area contributed by atoms with E-state index in [1.54, 1.807) is 0 Å². The highest BCUT2D eigenvalue weighted by Gasteiger charge is 2.14. The Hall–Kier alpha value is -0.940. The van der Waals surface area contributed by atoms with Crippen LogP contribution in [-0.4, -0.2) is 11.5 Å². The Balaban J connectivity index is 2.27. The summed E-state index contributed by atoms with van der Waals surface area (Å²) in [6.45, 7) is 5.29. The van der Waals surface area contributed by atoms with Crippen LogP contribution >= 0.6 is 22.6 Å². The monoisotopic (exact) mass is 366 g/mol. The lowest BCUT2D eigenvalue weighted by Gasteiger charge is -2.20. The number of benzene rings is 1. The standard InChI is InChI=1S/C16H19IN2/c1-3-19-15(11-13-7-9-18-10-8-13)14-6-4-5-12(2)16(14)17/h4-10,15,19H,3,11H2,1-2H3. The Morgan fingerprint density at radius 1 is 1.21 bits per heavy atom. The Labute approximate surface area is 128 Å². The van der Waals surface area contributed by atoms with Gasteiger partial charge in [-0.1, -0.05) is 25.1 Å². The second kappa shape index (κ2) is 7.01. The second-order valence-electron chi connectivity index (χ2n) is 4.65.